The lowest BCUT2D eigenvalue weighted by atomic mass is 9.90. The zero-order valence-corrected chi connectivity index (χ0v) is 33.8. The van der Waals surface area contributed by atoms with Crippen LogP contribution < -0.4 is 10.1 Å². The topological polar surface area (TPSA) is 91.3 Å². The van der Waals surface area contributed by atoms with Crippen molar-refractivity contribution in [2.24, 2.45) is 5.92 Å². The van der Waals surface area contributed by atoms with Gasteiger partial charge in [-0.1, -0.05) is 61.5 Å². The van der Waals surface area contributed by atoms with Gasteiger partial charge in [-0.25, -0.2) is 17.9 Å². The van der Waals surface area contributed by atoms with Gasteiger partial charge in [0.15, 0.2) is 0 Å². The number of alkyl carbamates (subject to hydrolysis) is 1. The number of halogens is 3. The van der Waals surface area contributed by atoms with Crippen LogP contribution >= 0.6 is 23.5 Å². The van der Waals surface area contributed by atoms with E-state index in [4.69, 9.17) is 31.0 Å². The first kappa shape index (κ1) is 45.0. The Labute approximate surface area is 330 Å². The molecule has 1 unspecified atom stereocenters. The maximum atomic E-state index is 13.6. The van der Waals surface area contributed by atoms with E-state index < -0.39 is 23.7 Å². The van der Waals surface area contributed by atoms with Gasteiger partial charge in [0.1, 0.15) is 23.9 Å². The summed E-state index contributed by atoms with van der Waals surface area (Å²) in [7, 11) is 1.64. The zero-order valence-electron chi connectivity index (χ0n) is 32.2. The molecule has 0 radical (unpaired) electrons. The predicted molar refractivity (Wildman–Crippen MR) is 216 cm³/mol. The molecule has 3 fully saturated rings. The standard InChI is InChI=1S/C18H27NOS.C12H9ClO.C11H20F2N2O2.CH2O/c1-3-7-16(8-4-1)15-20-17-9-11-18(12-10-17)21-19-13-5-2-6-14-19;13-11-5-1-9(2-6-11)10-3-7-12(14)8-4-10;1-10(2,3)17-9(16)14-8-5-6-15(4)7-11(8,12)13;1-2/h9-12,16H,1-8,13-15H2;1-8,14H;8H,5-7H2,1-4H3,(H,14,16);1H2. The third kappa shape index (κ3) is 17.0. The number of nitrogens with zero attached hydrogens (tertiary/aromatic N) is 2. The number of phenolic OH excluding ortho intramolecular Hbond substituents is 1. The molecule has 0 spiro atoms. The Hall–Kier alpha value is -3.38. The van der Waals surface area contributed by atoms with E-state index in [-0.39, 0.29) is 18.7 Å². The molecule has 2 heterocycles. The van der Waals surface area contributed by atoms with Gasteiger partial charge in [-0.2, -0.15) is 0 Å². The van der Waals surface area contributed by atoms with E-state index in [2.05, 4.69) is 33.9 Å². The molecule has 298 valence electrons. The Bertz CT molecular complexity index is 1450. The molecule has 3 aromatic rings. The number of rotatable bonds is 7. The quantitative estimate of drug-likeness (QED) is 0.229. The minimum Gasteiger partial charge on any atom is -0.508 e. The van der Waals surface area contributed by atoms with Gasteiger partial charge in [0, 0.05) is 29.6 Å². The van der Waals surface area contributed by atoms with Crippen LogP contribution in [0.2, 0.25) is 5.02 Å². The van der Waals surface area contributed by atoms with Crippen LogP contribution in [0.3, 0.4) is 0 Å². The fourth-order valence-corrected chi connectivity index (χ4v) is 7.43. The highest BCUT2D eigenvalue weighted by Crippen LogP contribution is 2.30. The molecule has 3 aliphatic rings. The molecule has 1 amide bonds. The number of piperidine rings is 2. The van der Waals surface area contributed by atoms with Crippen LogP contribution in [0.25, 0.3) is 11.1 Å². The molecule has 0 aromatic heterocycles. The number of aromatic hydroxyl groups is 1. The fourth-order valence-electron chi connectivity index (χ4n) is 6.30. The number of alkyl halides is 2. The number of phenols is 1. The Morgan fingerprint density at radius 1 is 0.870 bits per heavy atom. The van der Waals surface area contributed by atoms with Gasteiger partial charge in [0.05, 0.1) is 19.2 Å². The molecule has 3 aromatic carbocycles. The summed E-state index contributed by atoms with van der Waals surface area (Å²) in [5, 5.41) is 12.1. The monoisotopic (exact) mass is 789 g/mol. The minimum absolute atomic E-state index is 0.225. The largest absolute Gasteiger partial charge is 0.508 e. The van der Waals surface area contributed by atoms with Crippen molar-refractivity contribution in [1.29, 1.82) is 0 Å². The van der Waals surface area contributed by atoms with E-state index in [0.717, 1.165) is 34.4 Å². The summed E-state index contributed by atoms with van der Waals surface area (Å²) in [5.41, 5.74) is 1.49. The molecular weight excluding hydrogens is 732 g/mol. The lowest BCUT2D eigenvalue weighted by Crippen LogP contribution is -2.57. The Morgan fingerprint density at radius 3 is 1.98 bits per heavy atom. The van der Waals surface area contributed by atoms with Crippen molar-refractivity contribution in [3.8, 4) is 22.6 Å². The first-order chi connectivity index (χ1) is 25.8. The summed E-state index contributed by atoms with van der Waals surface area (Å²) < 4.78 is 40.6. The van der Waals surface area contributed by atoms with Crippen LogP contribution in [-0.2, 0) is 9.53 Å². The van der Waals surface area contributed by atoms with Crippen molar-refractivity contribution in [1.82, 2.24) is 14.5 Å². The fraction of sp³-hybridized carbons (Fsp3) is 0.524. The van der Waals surface area contributed by atoms with Crippen molar-refractivity contribution in [3.05, 3.63) is 77.8 Å². The first-order valence-electron chi connectivity index (χ1n) is 18.8. The number of hydrogen-bond acceptors (Lipinski definition) is 8. The van der Waals surface area contributed by atoms with Crippen LogP contribution in [0.4, 0.5) is 13.6 Å². The highest BCUT2D eigenvalue weighted by Gasteiger charge is 2.44. The molecule has 8 nitrogen and oxygen atoms in total. The first-order valence-corrected chi connectivity index (χ1v) is 20.0. The molecule has 2 saturated heterocycles. The van der Waals surface area contributed by atoms with Gasteiger partial charge in [0.2, 0.25) is 0 Å². The summed E-state index contributed by atoms with van der Waals surface area (Å²) in [6.45, 7) is 10.6. The molecule has 12 heteroatoms. The number of likely N-dealkylation sites (tertiary alicyclic amines) is 1. The van der Waals surface area contributed by atoms with Crippen molar-refractivity contribution in [2.45, 2.75) is 101 Å². The van der Waals surface area contributed by atoms with Crippen LogP contribution in [0.1, 0.15) is 78.6 Å². The molecule has 1 atom stereocenters. The highest BCUT2D eigenvalue weighted by atomic mass is 35.5. The molecule has 6 rings (SSSR count). The van der Waals surface area contributed by atoms with E-state index in [1.165, 1.54) is 69.4 Å². The van der Waals surface area contributed by atoms with Crippen molar-refractivity contribution in [3.63, 3.8) is 0 Å². The second-order valence-electron chi connectivity index (χ2n) is 14.9. The van der Waals surface area contributed by atoms with Gasteiger partial charge in [0.25, 0.3) is 5.92 Å². The summed E-state index contributed by atoms with van der Waals surface area (Å²) >= 11 is 7.68. The van der Waals surface area contributed by atoms with Crippen molar-refractivity contribution >= 4 is 36.4 Å². The average molecular weight is 790 g/mol. The predicted octanol–water partition coefficient (Wildman–Crippen LogP) is 10.5. The number of nitrogens with one attached hydrogen (secondary N) is 1. The summed E-state index contributed by atoms with van der Waals surface area (Å²) in [4.78, 5) is 22.3. The van der Waals surface area contributed by atoms with Crippen molar-refractivity contribution < 1.29 is 33.0 Å². The number of carbonyl (C=O) groups is 2. The number of ether oxygens (including phenoxy) is 2. The van der Waals surface area contributed by atoms with E-state index >= 15 is 0 Å². The lowest BCUT2D eigenvalue weighted by Gasteiger charge is -2.36. The molecule has 0 bridgehead atoms. The van der Waals surface area contributed by atoms with Gasteiger partial charge in [-0.05, 0) is 137 Å². The maximum absolute atomic E-state index is 13.6. The Balaban J connectivity index is 0.000000217. The van der Waals surface area contributed by atoms with Crippen LogP contribution in [0, 0.1) is 5.92 Å². The average Bonchev–Trinajstić information content (AvgIpc) is 3.15. The second-order valence-corrected chi connectivity index (χ2v) is 16.5. The molecule has 2 N–H and O–H groups in total. The second kappa shape index (κ2) is 22.9. The highest BCUT2D eigenvalue weighted by molar-refractivity contribution is 7.97. The number of benzene rings is 3. The maximum Gasteiger partial charge on any atom is 0.408 e. The third-order valence-electron chi connectivity index (χ3n) is 9.11. The minimum atomic E-state index is -2.91. The molecular formula is C42H58ClF2N3O5S. The van der Waals surface area contributed by atoms with E-state index in [1.54, 1.807) is 44.9 Å². The van der Waals surface area contributed by atoms with Crippen LogP contribution in [0.15, 0.2) is 77.7 Å². The summed E-state index contributed by atoms with van der Waals surface area (Å²) in [6.07, 6.45) is 10.4. The molecule has 54 heavy (non-hydrogen) atoms. The smallest absolute Gasteiger partial charge is 0.408 e. The van der Waals surface area contributed by atoms with E-state index in [1.807, 2.05) is 55.1 Å². The molecule has 1 aliphatic carbocycles. The molecule has 1 saturated carbocycles. The van der Waals surface area contributed by atoms with Gasteiger partial charge >= 0.3 is 6.09 Å². The third-order valence-corrected chi connectivity index (χ3v) is 10.5. The zero-order chi connectivity index (χ0) is 39.6. The molecule has 2 aliphatic heterocycles. The summed E-state index contributed by atoms with van der Waals surface area (Å²) in [6, 6.07) is 22.2. The van der Waals surface area contributed by atoms with Gasteiger partial charge in [-0.15, -0.1) is 0 Å². The Morgan fingerprint density at radius 2 is 1.43 bits per heavy atom. The SMILES string of the molecule is C=O.CN1CCC(NC(=O)OC(C)(C)C)C(F)(F)C1.Oc1ccc(-c2ccc(Cl)cc2)cc1.c1cc(SN2CCCCC2)ccc1OCC1CCCCC1. The summed E-state index contributed by atoms with van der Waals surface area (Å²) in [5.74, 6) is -0.823. The Kier molecular flexibility index (Phi) is 19.1. The van der Waals surface area contributed by atoms with Crippen LogP contribution in [0.5, 0.6) is 11.5 Å². The van der Waals surface area contributed by atoms with E-state index in [0.29, 0.717) is 6.54 Å². The van der Waals surface area contributed by atoms with Gasteiger partial charge < -0.3 is 29.6 Å². The number of hydrogen-bond donors (Lipinski definition) is 2. The number of carbonyl (C=O) groups excluding carboxylic acids is 2. The van der Waals surface area contributed by atoms with Crippen LogP contribution in [-0.4, -0.2) is 84.6 Å². The van der Waals surface area contributed by atoms with Gasteiger partial charge in [-0.3, -0.25) is 0 Å². The number of amides is 1. The normalized spacial score (nSPS) is 19.0. The lowest BCUT2D eigenvalue weighted by molar-refractivity contribution is -0.0980. The van der Waals surface area contributed by atoms with E-state index in [9.17, 15) is 13.6 Å². The van der Waals surface area contributed by atoms with Crippen molar-refractivity contribution in [2.75, 3.05) is 39.8 Å².